The minimum Gasteiger partial charge on any atom is -0.292 e. The van der Waals surface area contributed by atoms with Gasteiger partial charge in [-0.3, -0.25) is 9.78 Å². The van der Waals surface area contributed by atoms with E-state index in [2.05, 4.69) is 14.7 Å². The van der Waals surface area contributed by atoms with Crippen LogP contribution in [0, 0.1) is 19.7 Å². The van der Waals surface area contributed by atoms with Crippen LogP contribution in [0.25, 0.3) is 0 Å². The number of rotatable bonds is 3. The molecular formula is C12H12FN3O3S. The first-order valence-electron chi connectivity index (χ1n) is 5.65. The molecule has 0 amide bonds. The first-order chi connectivity index (χ1) is 9.29. The van der Waals surface area contributed by atoms with Crippen LogP contribution in [-0.4, -0.2) is 18.4 Å². The van der Waals surface area contributed by atoms with Crippen molar-refractivity contribution in [1.82, 2.24) is 9.97 Å². The van der Waals surface area contributed by atoms with Crippen molar-refractivity contribution < 1.29 is 12.8 Å². The Morgan fingerprint density at radius 3 is 2.35 bits per heavy atom. The summed E-state index contributed by atoms with van der Waals surface area (Å²) >= 11 is 0. The maximum absolute atomic E-state index is 12.8. The number of aromatic amines is 1. The molecule has 0 spiro atoms. The zero-order valence-electron chi connectivity index (χ0n) is 10.8. The lowest BCUT2D eigenvalue weighted by atomic mass is 10.3. The van der Waals surface area contributed by atoms with Gasteiger partial charge >= 0.3 is 0 Å². The first kappa shape index (κ1) is 14.2. The molecule has 0 radical (unpaired) electrons. The molecule has 2 N–H and O–H groups in total. The number of halogens is 1. The van der Waals surface area contributed by atoms with Gasteiger partial charge in [0.15, 0.2) is 0 Å². The molecule has 0 bridgehead atoms. The predicted molar refractivity (Wildman–Crippen MR) is 71.5 cm³/mol. The summed E-state index contributed by atoms with van der Waals surface area (Å²) in [7, 11) is -3.93. The van der Waals surface area contributed by atoms with Crippen molar-refractivity contribution in [1.29, 1.82) is 0 Å². The van der Waals surface area contributed by atoms with Crippen LogP contribution in [0.15, 0.2) is 34.0 Å². The summed E-state index contributed by atoms with van der Waals surface area (Å²) in [5.41, 5.74) is 0.412. The highest BCUT2D eigenvalue weighted by molar-refractivity contribution is 7.92. The smallest absolute Gasteiger partial charge is 0.264 e. The van der Waals surface area contributed by atoms with Gasteiger partial charge in [-0.1, -0.05) is 0 Å². The van der Waals surface area contributed by atoms with Crippen LogP contribution < -0.4 is 10.3 Å². The summed E-state index contributed by atoms with van der Waals surface area (Å²) in [5, 5.41) is 0. The lowest BCUT2D eigenvalue weighted by Crippen LogP contribution is -2.21. The molecule has 8 heteroatoms. The second-order valence-electron chi connectivity index (χ2n) is 4.18. The number of benzene rings is 1. The summed E-state index contributed by atoms with van der Waals surface area (Å²) in [4.78, 5) is 17.7. The molecule has 20 heavy (non-hydrogen) atoms. The van der Waals surface area contributed by atoms with Gasteiger partial charge in [-0.25, -0.2) is 22.5 Å². The van der Waals surface area contributed by atoms with E-state index in [1.165, 1.54) is 0 Å². The van der Waals surface area contributed by atoms with Crippen molar-refractivity contribution in [2.75, 3.05) is 4.72 Å². The van der Waals surface area contributed by atoms with Crippen LogP contribution in [-0.2, 0) is 10.0 Å². The molecule has 0 saturated heterocycles. The van der Waals surface area contributed by atoms with Crippen LogP contribution >= 0.6 is 0 Å². The summed E-state index contributed by atoms with van der Waals surface area (Å²) in [5.74, 6) is -0.718. The predicted octanol–water partition coefficient (Wildman–Crippen LogP) is 1.33. The molecule has 0 atom stereocenters. The normalized spacial score (nSPS) is 11.3. The number of hydrogen-bond donors (Lipinski definition) is 2. The topological polar surface area (TPSA) is 91.9 Å². The van der Waals surface area contributed by atoms with Crippen LogP contribution in [0.5, 0.6) is 0 Å². The van der Waals surface area contributed by atoms with Gasteiger partial charge in [0.1, 0.15) is 5.82 Å². The van der Waals surface area contributed by atoms with Gasteiger partial charge in [-0.15, -0.1) is 0 Å². The van der Waals surface area contributed by atoms with Crippen molar-refractivity contribution >= 4 is 16.0 Å². The van der Waals surface area contributed by atoms with Gasteiger partial charge in [0, 0.05) is 11.3 Å². The summed E-state index contributed by atoms with van der Waals surface area (Å²) in [6, 6.07) is 4.31. The fraction of sp³-hybridized carbons (Fsp3) is 0.167. The fourth-order valence-electron chi connectivity index (χ4n) is 1.49. The van der Waals surface area contributed by atoms with Gasteiger partial charge in [-0.05, 0) is 38.1 Å². The Morgan fingerprint density at radius 1 is 1.20 bits per heavy atom. The van der Waals surface area contributed by atoms with E-state index in [1.807, 2.05) is 0 Å². The number of nitrogens with one attached hydrogen (secondary N) is 2. The number of anilines is 1. The molecule has 0 aliphatic carbocycles. The molecule has 0 aliphatic rings. The Kier molecular flexibility index (Phi) is 3.58. The van der Waals surface area contributed by atoms with E-state index in [0.29, 0.717) is 11.3 Å². The van der Waals surface area contributed by atoms with Gasteiger partial charge in [-0.2, -0.15) is 0 Å². The zero-order valence-corrected chi connectivity index (χ0v) is 11.6. The molecule has 2 rings (SSSR count). The fourth-order valence-corrected chi connectivity index (χ4v) is 2.46. The van der Waals surface area contributed by atoms with Crippen LogP contribution in [0.4, 0.5) is 10.3 Å². The van der Waals surface area contributed by atoms with Crippen molar-refractivity contribution in [2.45, 2.75) is 18.7 Å². The lowest BCUT2D eigenvalue weighted by Gasteiger charge is -2.08. The van der Waals surface area contributed by atoms with Crippen LogP contribution in [0.1, 0.15) is 11.3 Å². The molecule has 1 aromatic carbocycles. The molecule has 2 aromatic rings. The third-order valence-electron chi connectivity index (χ3n) is 2.75. The van der Waals surface area contributed by atoms with E-state index in [4.69, 9.17) is 0 Å². The lowest BCUT2D eigenvalue weighted by molar-refractivity contribution is 0.599. The number of hydrogen-bond acceptors (Lipinski definition) is 4. The van der Waals surface area contributed by atoms with Crippen molar-refractivity contribution in [2.24, 2.45) is 0 Å². The quantitative estimate of drug-likeness (QED) is 0.894. The maximum atomic E-state index is 12.8. The van der Waals surface area contributed by atoms with Crippen LogP contribution in [0.2, 0.25) is 0 Å². The number of H-pyrrole nitrogens is 1. The second kappa shape index (κ2) is 5.04. The van der Waals surface area contributed by atoms with Crippen molar-refractivity contribution in [3.05, 3.63) is 51.7 Å². The summed E-state index contributed by atoms with van der Waals surface area (Å²) in [6.07, 6.45) is 0. The third-order valence-corrected chi connectivity index (χ3v) is 4.10. The number of aromatic nitrogens is 2. The maximum Gasteiger partial charge on any atom is 0.264 e. The van der Waals surface area contributed by atoms with E-state index < -0.39 is 21.4 Å². The molecule has 1 aromatic heterocycles. The largest absolute Gasteiger partial charge is 0.292 e. The average molecular weight is 297 g/mol. The van der Waals surface area contributed by atoms with Crippen LogP contribution in [0.3, 0.4) is 0 Å². The van der Waals surface area contributed by atoms with Gasteiger partial charge in [0.05, 0.1) is 4.90 Å². The molecule has 0 unspecified atom stereocenters. The van der Waals surface area contributed by atoms with Gasteiger partial charge < -0.3 is 0 Å². The number of sulfonamides is 1. The number of nitrogens with zero attached hydrogens (tertiary/aromatic N) is 1. The highest BCUT2D eigenvalue weighted by atomic mass is 32.2. The Labute approximate surface area is 114 Å². The Hall–Kier alpha value is -2.22. The average Bonchev–Trinajstić information content (AvgIpc) is 2.36. The van der Waals surface area contributed by atoms with Gasteiger partial charge in [0.2, 0.25) is 5.95 Å². The minimum atomic E-state index is -3.93. The molecule has 6 nitrogen and oxygen atoms in total. The summed E-state index contributed by atoms with van der Waals surface area (Å²) < 4.78 is 39.0. The van der Waals surface area contributed by atoms with E-state index in [9.17, 15) is 17.6 Å². The van der Waals surface area contributed by atoms with E-state index in [1.54, 1.807) is 13.8 Å². The van der Waals surface area contributed by atoms with E-state index in [0.717, 1.165) is 24.3 Å². The van der Waals surface area contributed by atoms with E-state index in [-0.39, 0.29) is 10.8 Å². The molecule has 1 heterocycles. The molecule has 0 aliphatic heterocycles. The molecule has 0 saturated carbocycles. The first-order valence-corrected chi connectivity index (χ1v) is 7.14. The summed E-state index contributed by atoms with van der Waals surface area (Å²) in [6.45, 7) is 3.18. The van der Waals surface area contributed by atoms with E-state index >= 15 is 0 Å². The zero-order chi connectivity index (χ0) is 14.9. The Morgan fingerprint density at radius 2 is 1.80 bits per heavy atom. The SMILES string of the molecule is Cc1nc(NS(=O)(=O)c2ccc(F)cc2)[nH]c(=O)c1C. The highest BCUT2D eigenvalue weighted by Gasteiger charge is 2.16. The standard InChI is InChI=1S/C12H12FN3O3S/c1-7-8(2)14-12(15-11(7)17)16-20(18,19)10-5-3-9(13)4-6-10/h3-6H,1-2H3,(H2,14,15,16,17). The minimum absolute atomic E-state index is 0.125. The second-order valence-corrected chi connectivity index (χ2v) is 5.87. The van der Waals surface area contributed by atoms with Crippen molar-refractivity contribution in [3.63, 3.8) is 0 Å². The molecular weight excluding hydrogens is 285 g/mol. The van der Waals surface area contributed by atoms with Gasteiger partial charge in [0.25, 0.3) is 15.6 Å². The Bertz CT molecular complexity index is 798. The third kappa shape index (κ3) is 2.85. The monoisotopic (exact) mass is 297 g/mol. The number of aryl methyl sites for hydroxylation is 1. The highest BCUT2D eigenvalue weighted by Crippen LogP contribution is 2.13. The molecule has 0 fully saturated rings. The molecule has 106 valence electrons. The van der Waals surface area contributed by atoms with Crippen molar-refractivity contribution in [3.8, 4) is 0 Å². The Balaban J connectivity index is 2.38.